The zero-order valence-corrected chi connectivity index (χ0v) is 13.9. The lowest BCUT2D eigenvalue weighted by Gasteiger charge is -2.07. The molecule has 0 aliphatic heterocycles. The van der Waals surface area contributed by atoms with Crippen molar-refractivity contribution in [2.24, 2.45) is 5.73 Å². The molecule has 0 heterocycles. The minimum absolute atomic E-state index is 0. The molecule has 2 aromatic rings. The van der Waals surface area contributed by atoms with Crippen LogP contribution in [-0.4, -0.2) is 12.5 Å². The van der Waals surface area contributed by atoms with Crippen molar-refractivity contribution in [1.82, 2.24) is 0 Å². The Hall–Kier alpha value is -1.88. The lowest BCUT2D eigenvalue weighted by atomic mass is 10.2. The maximum atomic E-state index is 11.6. The van der Waals surface area contributed by atoms with Gasteiger partial charge in [0.2, 0.25) is 5.91 Å². The highest BCUT2D eigenvalue weighted by Gasteiger charge is 2.02. The van der Waals surface area contributed by atoms with Crippen molar-refractivity contribution >= 4 is 24.0 Å². The number of carbonyl (C=O) groups excluding carboxylic acids is 1. The molecule has 0 aromatic heterocycles. The van der Waals surface area contributed by atoms with E-state index in [1.807, 2.05) is 54.6 Å². The molecule has 0 spiro atoms. The van der Waals surface area contributed by atoms with E-state index in [-0.39, 0.29) is 18.3 Å². The molecule has 0 bridgehead atoms. The van der Waals surface area contributed by atoms with Crippen LogP contribution in [-0.2, 0) is 22.7 Å². The number of hydrogen-bond donors (Lipinski definition) is 2. The van der Waals surface area contributed by atoms with Crippen molar-refractivity contribution in [3.8, 4) is 0 Å². The van der Waals surface area contributed by atoms with Crippen LogP contribution in [0.2, 0.25) is 0 Å². The van der Waals surface area contributed by atoms with Crippen LogP contribution in [0.4, 0.5) is 5.69 Å². The third kappa shape index (κ3) is 7.28. The normalized spacial score (nSPS) is 9.96. The van der Waals surface area contributed by atoms with E-state index in [1.54, 1.807) is 0 Å². The highest BCUT2D eigenvalue weighted by Crippen LogP contribution is 2.12. The summed E-state index contributed by atoms with van der Waals surface area (Å²) in [6, 6.07) is 17.8. The van der Waals surface area contributed by atoms with Crippen LogP contribution in [0.15, 0.2) is 54.6 Å². The minimum atomic E-state index is -0.00136. The van der Waals surface area contributed by atoms with Gasteiger partial charge in [-0.3, -0.25) is 4.79 Å². The largest absolute Gasteiger partial charge is 0.372 e. The molecule has 0 radical (unpaired) electrons. The first-order chi connectivity index (χ1) is 10.8. The zero-order chi connectivity index (χ0) is 15.6. The molecule has 1 amide bonds. The molecule has 3 N–H and O–H groups in total. The molecule has 0 saturated heterocycles. The third-order valence-electron chi connectivity index (χ3n) is 3.23. The predicted octanol–water partition coefficient (Wildman–Crippen LogP) is 3.50. The van der Waals surface area contributed by atoms with E-state index in [1.165, 1.54) is 0 Å². The Morgan fingerprint density at radius 3 is 2.17 bits per heavy atom. The first-order valence-electron chi connectivity index (χ1n) is 7.48. The van der Waals surface area contributed by atoms with Gasteiger partial charge in [0.15, 0.2) is 0 Å². The smallest absolute Gasteiger partial charge is 0.224 e. The molecule has 0 saturated carbocycles. The van der Waals surface area contributed by atoms with Crippen LogP contribution in [0.1, 0.15) is 24.0 Å². The lowest BCUT2D eigenvalue weighted by Crippen LogP contribution is -2.13. The maximum Gasteiger partial charge on any atom is 0.224 e. The second-order valence-corrected chi connectivity index (χ2v) is 5.12. The van der Waals surface area contributed by atoms with Gasteiger partial charge < -0.3 is 15.8 Å². The Bertz CT molecular complexity index is 573. The van der Waals surface area contributed by atoms with Crippen LogP contribution in [0, 0.1) is 0 Å². The van der Waals surface area contributed by atoms with Crippen molar-refractivity contribution in [1.29, 1.82) is 0 Å². The van der Waals surface area contributed by atoms with E-state index in [0.717, 1.165) is 16.8 Å². The first-order valence-corrected chi connectivity index (χ1v) is 7.48. The van der Waals surface area contributed by atoms with Gasteiger partial charge in [-0.05, 0) is 36.2 Å². The monoisotopic (exact) mass is 334 g/mol. The number of halogens is 1. The summed E-state index contributed by atoms with van der Waals surface area (Å²) >= 11 is 0. The summed E-state index contributed by atoms with van der Waals surface area (Å²) in [7, 11) is 0. The van der Waals surface area contributed by atoms with E-state index >= 15 is 0 Å². The van der Waals surface area contributed by atoms with Crippen molar-refractivity contribution in [3.63, 3.8) is 0 Å². The number of carbonyl (C=O) groups is 1. The molecular formula is C18H23ClN2O2. The van der Waals surface area contributed by atoms with Crippen LogP contribution in [0.3, 0.4) is 0 Å². The number of anilines is 1. The summed E-state index contributed by atoms with van der Waals surface area (Å²) in [5, 5.41) is 2.85. The van der Waals surface area contributed by atoms with Gasteiger partial charge in [0.05, 0.1) is 13.2 Å². The molecule has 5 heteroatoms. The second-order valence-electron chi connectivity index (χ2n) is 5.12. The number of ether oxygens (including phenoxy) is 1. The van der Waals surface area contributed by atoms with Crippen LogP contribution in [0.25, 0.3) is 0 Å². The van der Waals surface area contributed by atoms with Crippen LogP contribution < -0.4 is 11.1 Å². The highest BCUT2D eigenvalue weighted by atomic mass is 35.5. The molecule has 0 fully saturated rings. The second kappa shape index (κ2) is 10.8. The molecule has 2 aromatic carbocycles. The van der Waals surface area contributed by atoms with Gasteiger partial charge in [-0.2, -0.15) is 0 Å². The van der Waals surface area contributed by atoms with Crippen LogP contribution >= 0.6 is 12.4 Å². The van der Waals surface area contributed by atoms with E-state index < -0.39 is 0 Å². The number of rotatable bonds is 8. The van der Waals surface area contributed by atoms with E-state index in [9.17, 15) is 4.79 Å². The topological polar surface area (TPSA) is 64.4 Å². The molecule has 23 heavy (non-hydrogen) atoms. The zero-order valence-electron chi connectivity index (χ0n) is 13.0. The molecule has 0 unspecified atom stereocenters. The average Bonchev–Trinajstić information content (AvgIpc) is 2.55. The Morgan fingerprint density at radius 1 is 0.957 bits per heavy atom. The van der Waals surface area contributed by atoms with Gasteiger partial charge in [0, 0.05) is 12.1 Å². The van der Waals surface area contributed by atoms with Gasteiger partial charge in [0.1, 0.15) is 0 Å². The molecule has 0 atom stereocenters. The SMILES string of the molecule is Cl.NCCCC(=O)Nc1ccc(COCc2ccccc2)cc1. The number of benzene rings is 2. The summed E-state index contributed by atoms with van der Waals surface area (Å²) < 4.78 is 5.68. The van der Waals surface area contributed by atoms with E-state index in [0.29, 0.717) is 32.6 Å². The fraction of sp³-hybridized carbons (Fsp3) is 0.278. The fourth-order valence-corrected chi connectivity index (χ4v) is 2.03. The van der Waals surface area contributed by atoms with E-state index in [2.05, 4.69) is 5.32 Å². The van der Waals surface area contributed by atoms with Crippen molar-refractivity contribution in [2.75, 3.05) is 11.9 Å². The van der Waals surface area contributed by atoms with E-state index in [4.69, 9.17) is 10.5 Å². The average molecular weight is 335 g/mol. The summed E-state index contributed by atoms with van der Waals surface area (Å²) in [6.07, 6.45) is 1.16. The number of hydrogen-bond acceptors (Lipinski definition) is 3. The van der Waals surface area contributed by atoms with Gasteiger partial charge in [-0.25, -0.2) is 0 Å². The Morgan fingerprint density at radius 2 is 1.57 bits per heavy atom. The quantitative estimate of drug-likeness (QED) is 0.776. The maximum absolute atomic E-state index is 11.6. The molecule has 0 aliphatic carbocycles. The fourth-order valence-electron chi connectivity index (χ4n) is 2.03. The summed E-state index contributed by atoms with van der Waals surface area (Å²) in [5.74, 6) is -0.00136. The summed E-state index contributed by atoms with van der Waals surface area (Å²) in [6.45, 7) is 1.68. The number of nitrogens with one attached hydrogen (secondary N) is 1. The minimum Gasteiger partial charge on any atom is -0.372 e. The van der Waals surface area contributed by atoms with Crippen molar-refractivity contribution in [3.05, 3.63) is 65.7 Å². The lowest BCUT2D eigenvalue weighted by molar-refractivity contribution is -0.116. The summed E-state index contributed by atoms with van der Waals surface area (Å²) in [4.78, 5) is 11.6. The Kier molecular flexibility index (Phi) is 8.98. The molecule has 4 nitrogen and oxygen atoms in total. The number of amides is 1. The molecule has 0 aliphatic rings. The van der Waals surface area contributed by atoms with Gasteiger partial charge in [-0.15, -0.1) is 12.4 Å². The standard InChI is InChI=1S/C18H22N2O2.ClH/c19-12-4-7-18(21)20-17-10-8-16(9-11-17)14-22-13-15-5-2-1-3-6-15;/h1-3,5-6,8-11H,4,7,12-14,19H2,(H,20,21);1H. The molecule has 2 rings (SSSR count). The highest BCUT2D eigenvalue weighted by molar-refractivity contribution is 5.90. The molecule has 124 valence electrons. The third-order valence-corrected chi connectivity index (χ3v) is 3.23. The Labute approximate surface area is 143 Å². The van der Waals surface area contributed by atoms with Gasteiger partial charge in [-0.1, -0.05) is 42.5 Å². The van der Waals surface area contributed by atoms with Crippen molar-refractivity contribution in [2.45, 2.75) is 26.1 Å². The van der Waals surface area contributed by atoms with Gasteiger partial charge >= 0.3 is 0 Å². The summed E-state index contributed by atoms with van der Waals surface area (Å²) in [5.41, 5.74) is 8.42. The Balaban J connectivity index is 0.00000264. The predicted molar refractivity (Wildman–Crippen MR) is 95.5 cm³/mol. The van der Waals surface area contributed by atoms with Gasteiger partial charge in [0.25, 0.3) is 0 Å². The first kappa shape index (κ1) is 19.2. The van der Waals surface area contributed by atoms with Crippen LogP contribution in [0.5, 0.6) is 0 Å². The number of nitrogens with two attached hydrogens (primary N) is 1. The van der Waals surface area contributed by atoms with Crippen molar-refractivity contribution < 1.29 is 9.53 Å². The molecular weight excluding hydrogens is 312 g/mol.